The number of amides is 1. The van der Waals surface area contributed by atoms with E-state index in [1.807, 2.05) is 16.8 Å². The van der Waals surface area contributed by atoms with Crippen molar-refractivity contribution >= 4 is 23.2 Å². The second kappa shape index (κ2) is 8.95. The SMILES string of the molecule is CN(Cc1ccsc1)C(=O)COC(=O)c1ccccc1Oc1cccnc1. The van der Waals surface area contributed by atoms with Crippen molar-refractivity contribution in [1.29, 1.82) is 0 Å². The first kappa shape index (κ1) is 18.6. The van der Waals surface area contributed by atoms with Crippen LogP contribution in [-0.2, 0) is 16.1 Å². The van der Waals surface area contributed by atoms with Crippen molar-refractivity contribution in [2.45, 2.75) is 6.54 Å². The Morgan fingerprint density at radius 2 is 2.00 bits per heavy atom. The van der Waals surface area contributed by atoms with Gasteiger partial charge in [0.05, 0.1) is 6.20 Å². The van der Waals surface area contributed by atoms with Crippen molar-refractivity contribution in [3.05, 3.63) is 76.7 Å². The van der Waals surface area contributed by atoms with Crippen molar-refractivity contribution in [3.8, 4) is 11.5 Å². The number of esters is 1. The van der Waals surface area contributed by atoms with Gasteiger partial charge in [0.2, 0.25) is 0 Å². The minimum absolute atomic E-state index is 0.245. The van der Waals surface area contributed by atoms with Crippen LogP contribution in [0.25, 0.3) is 0 Å². The molecule has 2 aromatic heterocycles. The van der Waals surface area contributed by atoms with Crippen LogP contribution in [0.5, 0.6) is 11.5 Å². The quantitative estimate of drug-likeness (QED) is 0.582. The van der Waals surface area contributed by atoms with Crippen LogP contribution in [0.1, 0.15) is 15.9 Å². The lowest BCUT2D eigenvalue weighted by Gasteiger charge is -2.16. The molecule has 0 aliphatic carbocycles. The third-order valence-electron chi connectivity index (χ3n) is 3.72. The predicted molar refractivity (Wildman–Crippen MR) is 102 cm³/mol. The maximum absolute atomic E-state index is 12.4. The summed E-state index contributed by atoms with van der Waals surface area (Å²) < 4.78 is 10.9. The number of thiophene rings is 1. The molecule has 0 saturated heterocycles. The molecule has 0 radical (unpaired) electrons. The van der Waals surface area contributed by atoms with Gasteiger partial charge in [0.25, 0.3) is 5.91 Å². The maximum Gasteiger partial charge on any atom is 0.342 e. The molecule has 1 aromatic carbocycles. The highest BCUT2D eigenvalue weighted by atomic mass is 32.1. The van der Waals surface area contributed by atoms with Gasteiger partial charge in [-0.2, -0.15) is 11.3 Å². The second-order valence-corrected chi connectivity index (χ2v) is 6.52. The summed E-state index contributed by atoms with van der Waals surface area (Å²) in [7, 11) is 1.67. The molecule has 6 nitrogen and oxygen atoms in total. The lowest BCUT2D eigenvalue weighted by Crippen LogP contribution is -2.30. The van der Waals surface area contributed by atoms with E-state index in [0.717, 1.165) is 5.56 Å². The number of benzene rings is 1. The molecule has 2 heterocycles. The zero-order valence-electron chi connectivity index (χ0n) is 14.7. The predicted octanol–water partition coefficient (Wildman–Crippen LogP) is 3.75. The highest BCUT2D eigenvalue weighted by Crippen LogP contribution is 2.25. The Bertz CT molecular complexity index is 897. The van der Waals surface area contributed by atoms with Crippen LogP contribution in [0, 0.1) is 0 Å². The third kappa shape index (κ3) is 5.15. The zero-order chi connectivity index (χ0) is 19.1. The van der Waals surface area contributed by atoms with Gasteiger partial charge in [-0.25, -0.2) is 4.79 Å². The number of pyridine rings is 1. The van der Waals surface area contributed by atoms with Crippen molar-refractivity contribution in [3.63, 3.8) is 0 Å². The molecule has 0 N–H and O–H groups in total. The summed E-state index contributed by atoms with van der Waals surface area (Å²) in [6.45, 7) is 0.140. The van der Waals surface area contributed by atoms with Crippen molar-refractivity contribution in [2.24, 2.45) is 0 Å². The van der Waals surface area contributed by atoms with E-state index in [4.69, 9.17) is 9.47 Å². The number of carbonyl (C=O) groups excluding carboxylic acids is 2. The van der Waals surface area contributed by atoms with Crippen LogP contribution in [0.4, 0.5) is 0 Å². The van der Waals surface area contributed by atoms with E-state index in [1.54, 1.807) is 67.2 Å². The summed E-state index contributed by atoms with van der Waals surface area (Å²) >= 11 is 1.57. The number of para-hydroxylation sites is 1. The minimum atomic E-state index is -0.619. The minimum Gasteiger partial charge on any atom is -0.455 e. The summed E-state index contributed by atoms with van der Waals surface area (Å²) in [5.74, 6) is -0.0501. The number of ether oxygens (including phenoxy) is 2. The summed E-state index contributed by atoms with van der Waals surface area (Å²) in [6.07, 6.45) is 3.18. The topological polar surface area (TPSA) is 68.7 Å². The van der Waals surface area contributed by atoms with Gasteiger partial charge >= 0.3 is 5.97 Å². The van der Waals surface area contributed by atoms with Crippen LogP contribution in [0.3, 0.4) is 0 Å². The third-order valence-corrected chi connectivity index (χ3v) is 4.45. The molecule has 27 heavy (non-hydrogen) atoms. The van der Waals surface area contributed by atoms with Gasteiger partial charge in [0, 0.05) is 19.8 Å². The summed E-state index contributed by atoms with van der Waals surface area (Å²) in [4.78, 5) is 30.1. The van der Waals surface area contributed by atoms with Crippen LogP contribution in [0.2, 0.25) is 0 Å². The Morgan fingerprint density at radius 1 is 1.15 bits per heavy atom. The summed E-state index contributed by atoms with van der Waals surface area (Å²) in [6, 6.07) is 12.1. The summed E-state index contributed by atoms with van der Waals surface area (Å²) in [5.41, 5.74) is 1.28. The maximum atomic E-state index is 12.4. The highest BCUT2D eigenvalue weighted by molar-refractivity contribution is 7.07. The molecule has 0 fully saturated rings. The largest absolute Gasteiger partial charge is 0.455 e. The van der Waals surface area contributed by atoms with Gasteiger partial charge in [-0.15, -0.1) is 0 Å². The van der Waals surface area contributed by atoms with E-state index in [-0.39, 0.29) is 18.1 Å². The van der Waals surface area contributed by atoms with Gasteiger partial charge in [-0.1, -0.05) is 12.1 Å². The molecular weight excluding hydrogens is 364 g/mol. The van der Waals surface area contributed by atoms with Gasteiger partial charge in [-0.3, -0.25) is 9.78 Å². The van der Waals surface area contributed by atoms with E-state index >= 15 is 0 Å². The molecule has 7 heteroatoms. The number of hydrogen-bond acceptors (Lipinski definition) is 6. The molecule has 0 saturated carbocycles. The Labute approximate surface area is 161 Å². The lowest BCUT2D eigenvalue weighted by molar-refractivity contribution is -0.133. The van der Waals surface area contributed by atoms with E-state index in [2.05, 4.69) is 4.98 Å². The number of hydrogen-bond donors (Lipinski definition) is 0. The fourth-order valence-corrected chi connectivity index (χ4v) is 2.98. The highest BCUT2D eigenvalue weighted by Gasteiger charge is 2.17. The van der Waals surface area contributed by atoms with Gasteiger partial charge in [0.15, 0.2) is 6.61 Å². The van der Waals surface area contributed by atoms with Crippen LogP contribution in [0.15, 0.2) is 65.6 Å². The molecule has 0 unspecified atom stereocenters. The number of aromatic nitrogens is 1. The standard InChI is InChI=1S/C20H18N2O4S/c1-22(12-15-8-10-27-14-15)19(23)13-25-20(24)17-6-2-3-7-18(17)26-16-5-4-9-21-11-16/h2-11,14H,12-13H2,1H3. The lowest BCUT2D eigenvalue weighted by atomic mass is 10.2. The monoisotopic (exact) mass is 382 g/mol. The van der Waals surface area contributed by atoms with E-state index in [9.17, 15) is 9.59 Å². The molecular formula is C20H18N2O4S. The Balaban J connectivity index is 1.60. The number of rotatable bonds is 7. The van der Waals surface area contributed by atoms with Crippen molar-refractivity contribution in [1.82, 2.24) is 9.88 Å². The van der Waals surface area contributed by atoms with Gasteiger partial charge < -0.3 is 14.4 Å². The fraction of sp³-hybridized carbons (Fsp3) is 0.150. The average molecular weight is 382 g/mol. The Kier molecular flexibility index (Phi) is 6.17. The van der Waals surface area contributed by atoms with Crippen LogP contribution in [-0.4, -0.2) is 35.4 Å². The molecule has 0 atom stereocenters. The normalized spacial score (nSPS) is 10.3. The number of nitrogens with zero attached hydrogens (tertiary/aromatic N) is 2. The number of carbonyl (C=O) groups is 2. The molecule has 1 amide bonds. The first-order valence-electron chi connectivity index (χ1n) is 8.22. The second-order valence-electron chi connectivity index (χ2n) is 5.74. The molecule has 3 rings (SSSR count). The fourth-order valence-electron chi connectivity index (χ4n) is 2.32. The van der Waals surface area contributed by atoms with E-state index in [1.165, 1.54) is 4.90 Å². The molecule has 0 aliphatic heterocycles. The van der Waals surface area contributed by atoms with Gasteiger partial charge in [-0.05, 0) is 46.7 Å². The molecule has 0 spiro atoms. The molecule has 0 bridgehead atoms. The summed E-state index contributed by atoms with van der Waals surface area (Å²) in [5, 5.41) is 3.93. The number of likely N-dealkylation sites (N-methyl/N-ethyl adjacent to an activating group) is 1. The van der Waals surface area contributed by atoms with Gasteiger partial charge in [0.1, 0.15) is 17.1 Å². The first-order valence-corrected chi connectivity index (χ1v) is 9.17. The van der Waals surface area contributed by atoms with Crippen molar-refractivity contribution < 1.29 is 19.1 Å². The van der Waals surface area contributed by atoms with E-state index in [0.29, 0.717) is 18.0 Å². The van der Waals surface area contributed by atoms with E-state index < -0.39 is 5.97 Å². The molecule has 138 valence electrons. The first-order chi connectivity index (χ1) is 13.1. The van der Waals surface area contributed by atoms with Crippen LogP contribution < -0.4 is 4.74 Å². The smallest absolute Gasteiger partial charge is 0.342 e. The zero-order valence-corrected chi connectivity index (χ0v) is 15.5. The van der Waals surface area contributed by atoms with Crippen LogP contribution >= 0.6 is 11.3 Å². The Morgan fingerprint density at radius 3 is 2.74 bits per heavy atom. The molecule has 3 aromatic rings. The molecule has 0 aliphatic rings. The van der Waals surface area contributed by atoms with Crippen molar-refractivity contribution in [2.75, 3.05) is 13.7 Å². The Hall–Kier alpha value is -3.19. The average Bonchev–Trinajstić information content (AvgIpc) is 3.20.